The Morgan fingerprint density at radius 3 is 2.30 bits per heavy atom. The van der Waals surface area contributed by atoms with Gasteiger partial charge in [0.1, 0.15) is 0 Å². The average Bonchev–Trinajstić information content (AvgIpc) is 2.76. The Balaban J connectivity index is 1.68. The SMILES string of the molecule is CC1CC(C(=O)NC2Cc3ccccc3C2)(C(N)=S)C1. The van der Waals surface area contributed by atoms with Gasteiger partial charge in [0.25, 0.3) is 0 Å². The number of carbonyl (C=O) groups is 1. The summed E-state index contributed by atoms with van der Waals surface area (Å²) < 4.78 is 0. The third-order valence-corrected chi connectivity index (χ3v) is 5.08. The van der Waals surface area contributed by atoms with E-state index >= 15 is 0 Å². The number of nitrogens with one attached hydrogen (secondary N) is 1. The summed E-state index contributed by atoms with van der Waals surface area (Å²) in [4.78, 5) is 12.9. The van der Waals surface area contributed by atoms with Gasteiger partial charge in [-0.15, -0.1) is 0 Å². The number of fused-ring (bicyclic) bond motifs is 1. The number of hydrogen-bond acceptors (Lipinski definition) is 2. The highest BCUT2D eigenvalue weighted by atomic mass is 32.1. The van der Waals surface area contributed by atoms with Crippen LogP contribution in [0.2, 0.25) is 0 Å². The third-order valence-electron chi connectivity index (χ3n) is 4.69. The zero-order valence-electron chi connectivity index (χ0n) is 11.7. The minimum absolute atomic E-state index is 0.0286. The summed E-state index contributed by atoms with van der Waals surface area (Å²) in [5, 5.41) is 3.16. The molecule has 0 unspecified atom stereocenters. The molecule has 3 nitrogen and oxygen atoms in total. The predicted molar refractivity (Wildman–Crippen MR) is 83.4 cm³/mol. The summed E-state index contributed by atoms with van der Waals surface area (Å²) in [6, 6.07) is 8.55. The van der Waals surface area contributed by atoms with Crippen LogP contribution in [0.1, 0.15) is 30.9 Å². The second kappa shape index (κ2) is 4.85. The Bertz CT molecular complexity index is 538. The quantitative estimate of drug-likeness (QED) is 0.836. The van der Waals surface area contributed by atoms with Crippen LogP contribution >= 0.6 is 12.2 Å². The van der Waals surface area contributed by atoms with Crippen molar-refractivity contribution in [3.63, 3.8) is 0 Å². The summed E-state index contributed by atoms with van der Waals surface area (Å²) in [5.41, 5.74) is 7.91. The van der Waals surface area contributed by atoms with Gasteiger partial charge in [-0.1, -0.05) is 43.4 Å². The second-order valence-electron chi connectivity index (χ2n) is 6.31. The van der Waals surface area contributed by atoms with Gasteiger partial charge in [-0.3, -0.25) is 4.79 Å². The highest BCUT2D eigenvalue weighted by molar-refractivity contribution is 7.80. The summed E-state index contributed by atoms with van der Waals surface area (Å²) in [5.74, 6) is 0.559. The van der Waals surface area contributed by atoms with Crippen molar-refractivity contribution in [2.24, 2.45) is 17.1 Å². The first-order valence-electron chi connectivity index (χ1n) is 7.19. The molecule has 0 spiro atoms. The van der Waals surface area contributed by atoms with Crippen molar-refractivity contribution in [2.45, 2.75) is 38.6 Å². The molecule has 0 radical (unpaired) electrons. The van der Waals surface area contributed by atoms with E-state index in [2.05, 4.69) is 24.4 Å². The number of benzene rings is 1. The van der Waals surface area contributed by atoms with Crippen molar-refractivity contribution in [2.75, 3.05) is 0 Å². The molecule has 1 fully saturated rings. The molecular weight excluding hydrogens is 268 g/mol. The molecule has 0 aromatic heterocycles. The van der Waals surface area contributed by atoms with Gasteiger partial charge in [0.05, 0.1) is 10.4 Å². The summed E-state index contributed by atoms with van der Waals surface area (Å²) in [6.07, 6.45) is 3.39. The van der Waals surface area contributed by atoms with Crippen molar-refractivity contribution in [1.82, 2.24) is 5.32 Å². The van der Waals surface area contributed by atoms with Crippen LogP contribution in [0.5, 0.6) is 0 Å². The fourth-order valence-corrected chi connectivity index (χ4v) is 3.87. The first kappa shape index (κ1) is 13.6. The van der Waals surface area contributed by atoms with Crippen LogP contribution < -0.4 is 11.1 Å². The molecule has 3 rings (SSSR count). The number of amides is 1. The number of rotatable bonds is 3. The molecule has 2 aliphatic carbocycles. The molecule has 106 valence electrons. The Morgan fingerprint density at radius 1 is 1.30 bits per heavy atom. The van der Waals surface area contributed by atoms with E-state index in [9.17, 15) is 4.79 Å². The fraction of sp³-hybridized carbons (Fsp3) is 0.500. The van der Waals surface area contributed by atoms with Gasteiger partial charge in [0, 0.05) is 6.04 Å². The predicted octanol–water partition coefficient (Wildman–Crippen LogP) is 1.97. The molecule has 0 aliphatic heterocycles. The van der Waals surface area contributed by atoms with Crippen molar-refractivity contribution in [3.05, 3.63) is 35.4 Å². The molecule has 0 bridgehead atoms. The van der Waals surface area contributed by atoms with E-state index in [4.69, 9.17) is 18.0 Å². The molecule has 0 atom stereocenters. The zero-order chi connectivity index (χ0) is 14.3. The molecule has 4 heteroatoms. The van der Waals surface area contributed by atoms with E-state index in [-0.39, 0.29) is 11.9 Å². The number of thiocarbonyl (C=S) groups is 1. The van der Waals surface area contributed by atoms with Crippen molar-refractivity contribution in [3.8, 4) is 0 Å². The number of carbonyl (C=O) groups excluding carboxylic acids is 1. The highest BCUT2D eigenvalue weighted by Gasteiger charge is 2.51. The second-order valence-corrected chi connectivity index (χ2v) is 6.75. The standard InChI is InChI=1S/C16H20N2OS/c1-10-8-16(9-10,14(17)20)15(19)18-13-6-11-4-2-3-5-12(11)7-13/h2-5,10,13H,6-9H2,1H3,(H2,17,20)(H,18,19). The van der Waals surface area contributed by atoms with Gasteiger partial charge < -0.3 is 11.1 Å². The maximum Gasteiger partial charge on any atom is 0.233 e. The molecular formula is C16H20N2OS. The van der Waals surface area contributed by atoms with E-state index in [1.165, 1.54) is 11.1 Å². The normalized spacial score (nSPS) is 28.6. The van der Waals surface area contributed by atoms with Crippen molar-refractivity contribution < 1.29 is 4.79 Å². The smallest absolute Gasteiger partial charge is 0.233 e. The molecule has 0 heterocycles. The van der Waals surface area contributed by atoms with Gasteiger partial charge >= 0.3 is 0 Å². The molecule has 20 heavy (non-hydrogen) atoms. The van der Waals surface area contributed by atoms with Crippen LogP contribution in [0.25, 0.3) is 0 Å². The fourth-order valence-electron chi connectivity index (χ4n) is 3.61. The van der Waals surface area contributed by atoms with E-state index in [1.807, 2.05) is 12.1 Å². The Labute approximate surface area is 124 Å². The molecule has 1 aromatic rings. The van der Waals surface area contributed by atoms with Gasteiger partial charge in [-0.25, -0.2) is 0 Å². The molecule has 0 saturated heterocycles. The van der Waals surface area contributed by atoms with Gasteiger partial charge in [0.2, 0.25) is 5.91 Å². The Morgan fingerprint density at radius 2 is 1.85 bits per heavy atom. The van der Waals surface area contributed by atoms with Crippen LogP contribution in [0.15, 0.2) is 24.3 Å². The summed E-state index contributed by atoms with van der Waals surface area (Å²) in [7, 11) is 0. The van der Waals surface area contributed by atoms with Crippen LogP contribution in [-0.4, -0.2) is 16.9 Å². The van der Waals surface area contributed by atoms with E-state index in [0.29, 0.717) is 10.9 Å². The van der Waals surface area contributed by atoms with E-state index < -0.39 is 5.41 Å². The van der Waals surface area contributed by atoms with Crippen molar-refractivity contribution >= 4 is 23.1 Å². The molecule has 1 aromatic carbocycles. The van der Waals surface area contributed by atoms with Crippen LogP contribution in [-0.2, 0) is 17.6 Å². The highest BCUT2D eigenvalue weighted by Crippen LogP contribution is 2.46. The zero-order valence-corrected chi connectivity index (χ0v) is 12.5. The molecule has 1 amide bonds. The number of nitrogens with two attached hydrogens (primary N) is 1. The van der Waals surface area contributed by atoms with E-state index in [1.54, 1.807) is 0 Å². The molecule has 1 saturated carbocycles. The minimum atomic E-state index is -0.594. The minimum Gasteiger partial charge on any atom is -0.392 e. The van der Waals surface area contributed by atoms with E-state index in [0.717, 1.165) is 25.7 Å². The first-order valence-corrected chi connectivity index (χ1v) is 7.60. The average molecular weight is 288 g/mol. The van der Waals surface area contributed by atoms with Crippen LogP contribution in [0.4, 0.5) is 0 Å². The van der Waals surface area contributed by atoms with Crippen molar-refractivity contribution in [1.29, 1.82) is 0 Å². The first-order chi connectivity index (χ1) is 9.51. The van der Waals surface area contributed by atoms with Gasteiger partial charge in [-0.2, -0.15) is 0 Å². The van der Waals surface area contributed by atoms with Crippen LogP contribution in [0, 0.1) is 11.3 Å². The molecule has 2 aliphatic rings. The lowest BCUT2D eigenvalue weighted by molar-refractivity contribution is -0.133. The lowest BCUT2D eigenvalue weighted by Gasteiger charge is -2.44. The maximum absolute atomic E-state index is 12.6. The Kier molecular flexibility index (Phi) is 3.28. The van der Waals surface area contributed by atoms with Gasteiger partial charge in [-0.05, 0) is 42.7 Å². The topological polar surface area (TPSA) is 55.1 Å². The third kappa shape index (κ3) is 2.12. The van der Waals surface area contributed by atoms with Crippen LogP contribution in [0.3, 0.4) is 0 Å². The molecule has 3 N–H and O–H groups in total. The monoisotopic (exact) mass is 288 g/mol. The lowest BCUT2D eigenvalue weighted by atomic mass is 9.62. The summed E-state index contributed by atoms with van der Waals surface area (Å²) >= 11 is 5.14. The lowest BCUT2D eigenvalue weighted by Crippen LogP contribution is -2.57. The largest absolute Gasteiger partial charge is 0.392 e. The maximum atomic E-state index is 12.6. The number of hydrogen-bond donors (Lipinski definition) is 2. The summed E-state index contributed by atoms with van der Waals surface area (Å²) in [6.45, 7) is 2.13. The van der Waals surface area contributed by atoms with Gasteiger partial charge in [0.15, 0.2) is 0 Å². The Hall–Kier alpha value is -1.42.